The lowest BCUT2D eigenvalue weighted by atomic mass is 9.85. The van der Waals surface area contributed by atoms with E-state index < -0.39 is 5.60 Å². The van der Waals surface area contributed by atoms with Gasteiger partial charge in [0.15, 0.2) is 0 Å². The largest absolute Gasteiger partial charge is 0.490 e. The van der Waals surface area contributed by atoms with Crippen molar-refractivity contribution in [3.05, 3.63) is 28.2 Å². The fourth-order valence-electron chi connectivity index (χ4n) is 2.38. The first-order valence-corrected chi connectivity index (χ1v) is 7.17. The molecule has 1 saturated carbocycles. The number of benzene rings is 1. The highest BCUT2D eigenvalue weighted by Gasteiger charge is 2.30. The summed E-state index contributed by atoms with van der Waals surface area (Å²) >= 11 is 3.36. The average molecular weight is 315 g/mol. The number of rotatable bonds is 4. The molecule has 4 heteroatoms. The highest BCUT2D eigenvalue weighted by Crippen LogP contribution is 2.30. The van der Waals surface area contributed by atoms with Crippen molar-refractivity contribution in [3.63, 3.8) is 0 Å². The minimum absolute atomic E-state index is 0.0623. The standard InChI is InChI=1S/C14H19BrO3/c15-12-4-5-13(11(8-12)9-16)18-10-14(17)6-2-1-3-7-14/h4-5,8,16-17H,1-3,6-7,9-10H2. The predicted octanol–water partition coefficient (Wildman–Crippen LogP) is 3.02. The summed E-state index contributed by atoms with van der Waals surface area (Å²) in [5.74, 6) is 0.652. The summed E-state index contributed by atoms with van der Waals surface area (Å²) in [6, 6.07) is 5.53. The van der Waals surface area contributed by atoms with Crippen LogP contribution in [0.25, 0.3) is 0 Å². The van der Waals surface area contributed by atoms with Crippen LogP contribution in [0.1, 0.15) is 37.7 Å². The van der Waals surface area contributed by atoms with E-state index in [9.17, 15) is 10.2 Å². The summed E-state index contributed by atoms with van der Waals surface area (Å²) < 4.78 is 6.61. The molecule has 0 heterocycles. The van der Waals surface area contributed by atoms with Crippen LogP contribution in [0.5, 0.6) is 5.75 Å². The fourth-order valence-corrected chi connectivity index (χ4v) is 2.79. The van der Waals surface area contributed by atoms with Crippen molar-refractivity contribution in [2.45, 2.75) is 44.3 Å². The van der Waals surface area contributed by atoms with Gasteiger partial charge in [-0.3, -0.25) is 0 Å². The Bertz CT molecular complexity index is 400. The molecule has 1 aromatic carbocycles. The number of hydrogen-bond acceptors (Lipinski definition) is 3. The lowest BCUT2D eigenvalue weighted by Gasteiger charge is -2.31. The molecule has 1 aliphatic rings. The minimum atomic E-state index is -0.696. The third-order valence-corrected chi connectivity index (χ3v) is 3.97. The number of ether oxygens (including phenoxy) is 1. The van der Waals surface area contributed by atoms with E-state index in [4.69, 9.17) is 4.74 Å². The molecule has 3 nitrogen and oxygen atoms in total. The Hall–Kier alpha value is -0.580. The normalized spacial score (nSPS) is 18.6. The van der Waals surface area contributed by atoms with Crippen LogP contribution in [-0.4, -0.2) is 22.4 Å². The van der Waals surface area contributed by atoms with Crippen molar-refractivity contribution in [3.8, 4) is 5.75 Å². The van der Waals surface area contributed by atoms with Crippen LogP contribution < -0.4 is 4.74 Å². The van der Waals surface area contributed by atoms with E-state index in [1.54, 1.807) is 0 Å². The van der Waals surface area contributed by atoms with Crippen molar-refractivity contribution >= 4 is 15.9 Å². The van der Waals surface area contributed by atoms with Crippen LogP contribution in [0.3, 0.4) is 0 Å². The Morgan fingerprint density at radius 1 is 1.22 bits per heavy atom. The summed E-state index contributed by atoms with van der Waals surface area (Å²) in [5.41, 5.74) is 0.0432. The van der Waals surface area contributed by atoms with E-state index in [2.05, 4.69) is 15.9 Å². The molecule has 0 bridgehead atoms. The van der Waals surface area contributed by atoms with Crippen molar-refractivity contribution in [2.75, 3.05) is 6.61 Å². The van der Waals surface area contributed by atoms with Gasteiger partial charge in [-0.2, -0.15) is 0 Å². The molecule has 0 aliphatic heterocycles. The molecule has 2 rings (SSSR count). The zero-order valence-corrected chi connectivity index (χ0v) is 11.9. The van der Waals surface area contributed by atoms with Gasteiger partial charge < -0.3 is 14.9 Å². The summed E-state index contributed by atoms with van der Waals surface area (Å²) in [7, 11) is 0. The van der Waals surface area contributed by atoms with E-state index in [-0.39, 0.29) is 6.61 Å². The minimum Gasteiger partial charge on any atom is -0.490 e. The number of aliphatic hydroxyl groups is 2. The zero-order chi connectivity index (χ0) is 13.0. The van der Waals surface area contributed by atoms with Gasteiger partial charge in [0, 0.05) is 10.0 Å². The van der Waals surface area contributed by atoms with Crippen molar-refractivity contribution in [2.24, 2.45) is 0 Å². The molecule has 0 unspecified atom stereocenters. The van der Waals surface area contributed by atoms with Crippen LogP contribution in [0, 0.1) is 0 Å². The quantitative estimate of drug-likeness (QED) is 0.898. The summed E-state index contributed by atoms with van der Waals surface area (Å²) in [5, 5.41) is 19.6. The zero-order valence-electron chi connectivity index (χ0n) is 10.4. The lowest BCUT2D eigenvalue weighted by Crippen LogP contribution is -2.38. The predicted molar refractivity (Wildman–Crippen MR) is 73.6 cm³/mol. The highest BCUT2D eigenvalue weighted by atomic mass is 79.9. The van der Waals surface area contributed by atoms with Gasteiger partial charge in [-0.1, -0.05) is 35.2 Å². The first-order valence-electron chi connectivity index (χ1n) is 6.37. The third kappa shape index (κ3) is 3.46. The van der Waals surface area contributed by atoms with Crippen LogP contribution in [0.2, 0.25) is 0 Å². The highest BCUT2D eigenvalue weighted by molar-refractivity contribution is 9.10. The van der Waals surface area contributed by atoms with Crippen molar-refractivity contribution < 1.29 is 14.9 Å². The molecule has 0 atom stereocenters. The SMILES string of the molecule is OCc1cc(Br)ccc1OCC1(O)CCCCC1. The topological polar surface area (TPSA) is 49.7 Å². The maximum absolute atomic E-state index is 10.4. The number of aliphatic hydroxyl groups excluding tert-OH is 1. The van der Waals surface area contributed by atoms with E-state index in [1.165, 1.54) is 6.42 Å². The van der Waals surface area contributed by atoms with Gasteiger partial charge in [-0.15, -0.1) is 0 Å². The first-order chi connectivity index (χ1) is 8.63. The van der Waals surface area contributed by atoms with Gasteiger partial charge >= 0.3 is 0 Å². The van der Waals surface area contributed by atoms with Crippen LogP contribution in [0.4, 0.5) is 0 Å². The van der Waals surface area contributed by atoms with Crippen LogP contribution >= 0.6 is 15.9 Å². The summed E-state index contributed by atoms with van der Waals surface area (Å²) in [6.07, 6.45) is 4.93. The third-order valence-electron chi connectivity index (χ3n) is 3.47. The van der Waals surface area contributed by atoms with E-state index in [0.29, 0.717) is 12.4 Å². The maximum Gasteiger partial charge on any atom is 0.125 e. The van der Waals surface area contributed by atoms with Crippen LogP contribution in [0.15, 0.2) is 22.7 Å². The van der Waals surface area contributed by atoms with Crippen molar-refractivity contribution in [1.82, 2.24) is 0 Å². The van der Waals surface area contributed by atoms with Crippen LogP contribution in [-0.2, 0) is 6.61 Å². The Morgan fingerprint density at radius 3 is 2.61 bits per heavy atom. The number of hydrogen-bond donors (Lipinski definition) is 2. The van der Waals surface area contributed by atoms with Gasteiger partial charge in [-0.05, 0) is 31.0 Å². The summed E-state index contributed by atoms with van der Waals surface area (Å²) in [6.45, 7) is 0.245. The molecular weight excluding hydrogens is 296 g/mol. The van der Waals surface area contributed by atoms with Gasteiger partial charge in [0.05, 0.1) is 12.2 Å². The molecule has 0 amide bonds. The Morgan fingerprint density at radius 2 is 1.94 bits per heavy atom. The van der Waals surface area contributed by atoms with E-state index >= 15 is 0 Å². The second-order valence-corrected chi connectivity index (χ2v) is 5.90. The first kappa shape index (κ1) is 13.8. The molecule has 18 heavy (non-hydrogen) atoms. The molecular formula is C14H19BrO3. The second kappa shape index (κ2) is 6.04. The van der Waals surface area contributed by atoms with E-state index in [0.717, 1.165) is 35.7 Å². The van der Waals surface area contributed by atoms with Crippen molar-refractivity contribution in [1.29, 1.82) is 0 Å². The van der Waals surface area contributed by atoms with Gasteiger partial charge in [-0.25, -0.2) is 0 Å². The smallest absolute Gasteiger partial charge is 0.125 e. The molecule has 2 N–H and O–H groups in total. The average Bonchev–Trinajstić information content (AvgIpc) is 2.38. The molecule has 0 radical (unpaired) electrons. The van der Waals surface area contributed by atoms with Gasteiger partial charge in [0.25, 0.3) is 0 Å². The molecule has 100 valence electrons. The molecule has 0 aromatic heterocycles. The summed E-state index contributed by atoms with van der Waals surface area (Å²) in [4.78, 5) is 0. The molecule has 1 aromatic rings. The second-order valence-electron chi connectivity index (χ2n) is 4.98. The molecule has 1 fully saturated rings. The van der Waals surface area contributed by atoms with Gasteiger partial charge in [0.1, 0.15) is 12.4 Å². The fraction of sp³-hybridized carbons (Fsp3) is 0.571. The molecule has 0 saturated heterocycles. The monoisotopic (exact) mass is 314 g/mol. The Kier molecular flexibility index (Phi) is 4.65. The van der Waals surface area contributed by atoms with Gasteiger partial charge in [0.2, 0.25) is 0 Å². The maximum atomic E-state index is 10.4. The molecule has 1 aliphatic carbocycles. The Balaban J connectivity index is 2.01. The van der Waals surface area contributed by atoms with E-state index in [1.807, 2.05) is 18.2 Å². The Labute approximate surface area is 116 Å². The number of halogens is 1. The molecule has 0 spiro atoms. The lowest BCUT2D eigenvalue weighted by molar-refractivity contribution is -0.0343.